The molecule has 0 aromatic heterocycles. The Morgan fingerprint density at radius 2 is 1.89 bits per heavy atom. The summed E-state index contributed by atoms with van der Waals surface area (Å²) >= 11 is 0. The lowest BCUT2D eigenvalue weighted by molar-refractivity contribution is -0.134. The molecule has 1 unspecified atom stereocenters. The van der Waals surface area contributed by atoms with Gasteiger partial charge in [0.1, 0.15) is 5.54 Å². The van der Waals surface area contributed by atoms with Gasteiger partial charge in [0, 0.05) is 19.5 Å². The van der Waals surface area contributed by atoms with Crippen molar-refractivity contribution in [1.82, 2.24) is 10.6 Å². The molecular formula is C13H25N3O2. The predicted octanol–water partition coefficient (Wildman–Crippen LogP) is 0.679. The van der Waals surface area contributed by atoms with E-state index in [2.05, 4.69) is 10.6 Å². The molecular weight excluding hydrogens is 230 g/mol. The van der Waals surface area contributed by atoms with Crippen LogP contribution >= 0.6 is 0 Å². The van der Waals surface area contributed by atoms with E-state index in [0.29, 0.717) is 6.54 Å². The Kier molecular flexibility index (Phi) is 5.59. The molecule has 2 amide bonds. The molecule has 104 valence electrons. The minimum Gasteiger partial charge on any atom is -0.354 e. The highest BCUT2D eigenvalue weighted by atomic mass is 16.2. The molecule has 5 nitrogen and oxygen atoms in total. The Balaban J connectivity index is 2.58. The van der Waals surface area contributed by atoms with Gasteiger partial charge in [-0.2, -0.15) is 0 Å². The van der Waals surface area contributed by atoms with Crippen molar-refractivity contribution in [3.05, 3.63) is 0 Å². The molecule has 5 heteroatoms. The molecule has 1 rings (SSSR count). The lowest BCUT2D eigenvalue weighted by Crippen LogP contribution is -2.59. The van der Waals surface area contributed by atoms with Gasteiger partial charge in [0.15, 0.2) is 0 Å². The van der Waals surface area contributed by atoms with Gasteiger partial charge in [0.05, 0.1) is 0 Å². The van der Waals surface area contributed by atoms with Crippen LogP contribution in [0, 0.1) is 0 Å². The molecule has 0 aromatic carbocycles. The van der Waals surface area contributed by atoms with Gasteiger partial charge in [0.2, 0.25) is 11.8 Å². The molecule has 0 aliphatic heterocycles. The maximum Gasteiger partial charge on any atom is 0.245 e. The molecule has 0 heterocycles. The van der Waals surface area contributed by atoms with Gasteiger partial charge in [-0.25, -0.2) is 0 Å². The maximum atomic E-state index is 12.3. The Labute approximate surface area is 109 Å². The van der Waals surface area contributed by atoms with Crippen molar-refractivity contribution in [3.8, 4) is 0 Å². The van der Waals surface area contributed by atoms with Crippen LogP contribution in [-0.2, 0) is 9.59 Å². The average Bonchev–Trinajstić information content (AvgIpc) is 2.28. The van der Waals surface area contributed by atoms with E-state index in [0.717, 1.165) is 38.5 Å². The van der Waals surface area contributed by atoms with Gasteiger partial charge in [0.25, 0.3) is 0 Å². The minimum atomic E-state index is -0.693. The molecule has 0 bridgehead atoms. The van der Waals surface area contributed by atoms with E-state index in [1.807, 2.05) is 6.92 Å². The average molecular weight is 255 g/mol. The first kappa shape index (κ1) is 15.0. The van der Waals surface area contributed by atoms with Crippen molar-refractivity contribution in [2.45, 2.75) is 64.0 Å². The standard InChI is InChI=1S/C13H25N3O2/c1-10(14)6-9-15-12(18)13(16-11(2)17)7-4-3-5-8-13/h10H,3-9,14H2,1-2H3,(H,15,18)(H,16,17). The van der Waals surface area contributed by atoms with Crippen LogP contribution in [-0.4, -0.2) is 29.9 Å². The summed E-state index contributed by atoms with van der Waals surface area (Å²) in [5, 5.41) is 5.75. The topological polar surface area (TPSA) is 84.2 Å². The van der Waals surface area contributed by atoms with Crippen LogP contribution in [0.5, 0.6) is 0 Å². The third kappa shape index (κ3) is 4.29. The summed E-state index contributed by atoms with van der Waals surface area (Å²) < 4.78 is 0. The number of amides is 2. The first-order valence-corrected chi connectivity index (χ1v) is 6.79. The molecule has 0 radical (unpaired) electrons. The molecule has 18 heavy (non-hydrogen) atoms. The van der Waals surface area contributed by atoms with Gasteiger partial charge >= 0.3 is 0 Å². The Morgan fingerprint density at radius 3 is 2.39 bits per heavy atom. The molecule has 1 atom stereocenters. The Morgan fingerprint density at radius 1 is 1.28 bits per heavy atom. The lowest BCUT2D eigenvalue weighted by atomic mass is 9.80. The normalized spacial score (nSPS) is 19.9. The van der Waals surface area contributed by atoms with E-state index >= 15 is 0 Å². The quantitative estimate of drug-likeness (QED) is 0.675. The summed E-state index contributed by atoms with van der Waals surface area (Å²) in [6, 6.07) is 0.0772. The first-order valence-electron chi connectivity index (χ1n) is 6.79. The molecule has 1 aliphatic rings. The molecule has 1 saturated carbocycles. The van der Waals surface area contributed by atoms with E-state index in [9.17, 15) is 9.59 Å². The lowest BCUT2D eigenvalue weighted by Gasteiger charge is -2.36. The van der Waals surface area contributed by atoms with Gasteiger partial charge in [-0.15, -0.1) is 0 Å². The number of hydrogen-bond acceptors (Lipinski definition) is 3. The van der Waals surface area contributed by atoms with Gasteiger partial charge in [-0.1, -0.05) is 19.3 Å². The van der Waals surface area contributed by atoms with E-state index in [1.54, 1.807) is 0 Å². The second kappa shape index (κ2) is 6.73. The highest BCUT2D eigenvalue weighted by molar-refractivity contribution is 5.91. The zero-order chi connectivity index (χ0) is 13.6. The van der Waals surface area contributed by atoms with Crippen LogP contribution in [0.2, 0.25) is 0 Å². The zero-order valence-corrected chi connectivity index (χ0v) is 11.4. The van der Waals surface area contributed by atoms with Crippen LogP contribution < -0.4 is 16.4 Å². The number of hydrogen-bond donors (Lipinski definition) is 3. The monoisotopic (exact) mass is 255 g/mol. The van der Waals surface area contributed by atoms with Crippen molar-refractivity contribution < 1.29 is 9.59 Å². The van der Waals surface area contributed by atoms with Gasteiger partial charge < -0.3 is 16.4 Å². The van der Waals surface area contributed by atoms with E-state index in [1.165, 1.54) is 6.92 Å². The zero-order valence-electron chi connectivity index (χ0n) is 11.4. The molecule has 0 aromatic rings. The number of nitrogens with one attached hydrogen (secondary N) is 2. The smallest absolute Gasteiger partial charge is 0.245 e. The number of nitrogens with two attached hydrogens (primary N) is 1. The Bertz CT molecular complexity index is 297. The molecule has 0 spiro atoms. The van der Waals surface area contributed by atoms with E-state index in [4.69, 9.17) is 5.73 Å². The molecule has 1 aliphatic carbocycles. The van der Waals surface area contributed by atoms with Crippen molar-refractivity contribution in [3.63, 3.8) is 0 Å². The largest absolute Gasteiger partial charge is 0.354 e. The van der Waals surface area contributed by atoms with Crippen LogP contribution in [0.3, 0.4) is 0 Å². The fourth-order valence-corrected chi connectivity index (χ4v) is 2.48. The van der Waals surface area contributed by atoms with Crippen molar-refractivity contribution in [2.24, 2.45) is 5.73 Å². The maximum absolute atomic E-state index is 12.3. The third-order valence-electron chi connectivity index (χ3n) is 3.44. The van der Waals surface area contributed by atoms with E-state index < -0.39 is 5.54 Å². The summed E-state index contributed by atoms with van der Waals surface area (Å²) in [5.41, 5.74) is 4.96. The molecule has 4 N–H and O–H groups in total. The van der Waals surface area contributed by atoms with Gasteiger partial charge in [-0.3, -0.25) is 9.59 Å². The summed E-state index contributed by atoms with van der Waals surface area (Å²) in [7, 11) is 0. The number of carbonyl (C=O) groups excluding carboxylic acids is 2. The summed E-state index contributed by atoms with van der Waals surface area (Å²) in [6.45, 7) is 3.94. The SMILES string of the molecule is CC(=O)NC1(C(=O)NCCC(C)N)CCCCC1. The molecule has 0 saturated heterocycles. The highest BCUT2D eigenvalue weighted by Gasteiger charge is 2.39. The van der Waals surface area contributed by atoms with Crippen molar-refractivity contribution in [1.29, 1.82) is 0 Å². The van der Waals surface area contributed by atoms with Crippen LogP contribution in [0.1, 0.15) is 52.4 Å². The van der Waals surface area contributed by atoms with Crippen molar-refractivity contribution in [2.75, 3.05) is 6.54 Å². The van der Waals surface area contributed by atoms with E-state index in [-0.39, 0.29) is 17.9 Å². The number of carbonyl (C=O) groups is 2. The van der Waals surface area contributed by atoms with Crippen molar-refractivity contribution >= 4 is 11.8 Å². The second-order valence-electron chi connectivity index (χ2n) is 5.35. The first-order chi connectivity index (χ1) is 8.46. The fourth-order valence-electron chi connectivity index (χ4n) is 2.48. The second-order valence-corrected chi connectivity index (χ2v) is 5.35. The predicted molar refractivity (Wildman–Crippen MR) is 70.9 cm³/mol. The van der Waals surface area contributed by atoms with Gasteiger partial charge in [-0.05, 0) is 26.2 Å². The van der Waals surface area contributed by atoms with Crippen LogP contribution in [0.4, 0.5) is 0 Å². The number of rotatable bonds is 5. The highest BCUT2D eigenvalue weighted by Crippen LogP contribution is 2.28. The summed E-state index contributed by atoms with van der Waals surface area (Å²) in [4.78, 5) is 23.6. The minimum absolute atomic E-state index is 0.0574. The van der Waals surface area contributed by atoms with Crippen LogP contribution in [0.25, 0.3) is 0 Å². The third-order valence-corrected chi connectivity index (χ3v) is 3.44. The summed E-state index contributed by atoms with van der Waals surface area (Å²) in [6.07, 6.45) is 5.32. The van der Waals surface area contributed by atoms with Crippen LogP contribution in [0.15, 0.2) is 0 Å². The summed E-state index contributed by atoms with van der Waals surface area (Å²) in [5.74, 6) is -0.197. The molecule has 1 fully saturated rings. The Hall–Kier alpha value is -1.10. The fraction of sp³-hybridized carbons (Fsp3) is 0.846.